The van der Waals surface area contributed by atoms with Crippen molar-refractivity contribution >= 4 is 33.0 Å². The minimum absolute atomic E-state index is 0.0510. The fraction of sp³-hybridized carbons (Fsp3) is 0.0625. The molecule has 3 aromatic rings. The van der Waals surface area contributed by atoms with Gasteiger partial charge in [0.1, 0.15) is 0 Å². The van der Waals surface area contributed by atoms with Gasteiger partial charge in [-0.05, 0) is 23.8 Å². The van der Waals surface area contributed by atoms with Crippen molar-refractivity contribution in [3.05, 3.63) is 65.0 Å². The zero-order valence-corrected chi connectivity index (χ0v) is 11.6. The van der Waals surface area contributed by atoms with E-state index in [2.05, 4.69) is 5.32 Å². The van der Waals surface area contributed by atoms with Crippen LogP contribution in [0.3, 0.4) is 0 Å². The van der Waals surface area contributed by atoms with Crippen molar-refractivity contribution in [2.75, 3.05) is 5.73 Å². The van der Waals surface area contributed by atoms with Crippen molar-refractivity contribution < 1.29 is 4.79 Å². The molecule has 2 aromatic carbocycles. The zero-order chi connectivity index (χ0) is 13.9. The molecule has 3 rings (SSSR count). The lowest BCUT2D eigenvalue weighted by atomic mass is 10.1. The maximum atomic E-state index is 12.2. The molecule has 0 saturated carbocycles. The van der Waals surface area contributed by atoms with Gasteiger partial charge in [0.15, 0.2) is 0 Å². The summed E-state index contributed by atoms with van der Waals surface area (Å²) in [4.78, 5) is 12.2. The number of hydrogen-bond acceptors (Lipinski definition) is 3. The molecule has 3 N–H and O–H groups in total. The topological polar surface area (TPSA) is 55.1 Å². The van der Waals surface area contributed by atoms with Crippen LogP contribution in [0, 0.1) is 0 Å². The summed E-state index contributed by atoms with van der Waals surface area (Å²) in [7, 11) is 0. The fourth-order valence-electron chi connectivity index (χ4n) is 2.13. The average Bonchev–Trinajstić information content (AvgIpc) is 2.89. The Labute approximate surface area is 121 Å². The van der Waals surface area contributed by atoms with Crippen molar-refractivity contribution in [2.45, 2.75) is 6.54 Å². The molecule has 0 aliphatic carbocycles. The maximum absolute atomic E-state index is 12.2. The van der Waals surface area contributed by atoms with Crippen molar-refractivity contribution in [3.8, 4) is 0 Å². The molecule has 4 heteroatoms. The van der Waals surface area contributed by atoms with Gasteiger partial charge in [-0.25, -0.2) is 0 Å². The third-order valence-electron chi connectivity index (χ3n) is 3.13. The van der Waals surface area contributed by atoms with E-state index in [4.69, 9.17) is 5.73 Å². The predicted molar refractivity (Wildman–Crippen MR) is 83.8 cm³/mol. The van der Waals surface area contributed by atoms with Gasteiger partial charge in [0.05, 0.1) is 5.56 Å². The number of carbonyl (C=O) groups excluding carboxylic acids is 1. The molecule has 0 radical (unpaired) electrons. The van der Waals surface area contributed by atoms with Crippen LogP contribution in [-0.2, 0) is 6.54 Å². The number of nitrogens with two attached hydrogens (primary N) is 1. The standard InChI is InChI=1S/C16H14N2OS/c17-12-5-3-4-11(8-12)9-18-16(19)14-10-20-15-7-2-1-6-13(14)15/h1-8,10H,9,17H2,(H,18,19). The Kier molecular flexibility index (Phi) is 3.39. The molecule has 0 unspecified atom stereocenters. The lowest BCUT2D eigenvalue weighted by molar-refractivity contribution is 0.0953. The van der Waals surface area contributed by atoms with E-state index in [-0.39, 0.29) is 5.91 Å². The minimum atomic E-state index is -0.0510. The average molecular weight is 282 g/mol. The largest absolute Gasteiger partial charge is 0.399 e. The monoisotopic (exact) mass is 282 g/mol. The first-order valence-corrected chi connectivity index (χ1v) is 7.21. The summed E-state index contributed by atoms with van der Waals surface area (Å²) in [6, 6.07) is 15.5. The van der Waals surface area contributed by atoms with E-state index >= 15 is 0 Å². The first kappa shape index (κ1) is 12.7. The van der Waals surface area contributed by atoms with Gasteiger partial charge in [-0.15, -0.1) is 11.3 Å². The molecule has 0 aliphatic heterocycles. The highest BCUT2D eigenvalue weighted by atomic mass is 32.1. The molecule has 0 aliphatic rings. The molecule has 0 atom stereocenters. The van der Waals surface area contributed by atoms with E-state index < -0.39 is 0 Å². The van der Waals surface area contributed by atoms with Gasteiger partial charge in [-0.3, -0.25) is 4.79 Å². The number of hydrogen-bond donors (Lipinski definition) is 2. The zero-order valence-electron chi connectivity index (χ0n) is 10.8. The molecular formula is C16H14N2OS. The summed E-state index contributed by atoms with van der Waals surface area (Å²) in [5.41, 5.74) is 8.16. The van der Waals surface area contributed by atoms with Crippen molar-refractivity contribution in [1.82, 2.24) is 5.32 Å². The van der Waals surface area contributed by atoms with Gasteiger partial charge in [-0.2, -0.15) is 0 Å². The van der Waals surface area contributed by atoms with E-state index in [9.17, 15) is 4.79 Å². The Bertz CT molecular complexity index is 764. The highest BCUT2D eigenvalue weighted by Crippen LogP contribution is 2.25. The number of thiophene rings is 1. The van der Waals surface area contributed by atoms with Gasteiger partial charge in [0.25, 0.3) is 5.91 Å². The summed E-state index contributed by atoms with van der Waals surface area (Å²) < 4.78 is 1.13. The third kappa shape index (κ3) is 2.51. The highest BCUT2D eigenvalue weighted by Gasteiger charge is 2.11. The van der Waals surface area contributed by atoms with E-state index in [0.717, 1.165) is 21.2 Å². The number of nitrogen functional groups attached to an aromatic ring is 1. The van der Waals surface area contributed by atoms with Gasteiger partial charge in [0.2, 0.25) is 0 Å². The van der Waals surface area contributed by atoms with Gasteiger partial charge in [-0.1, -0.05) is 30.3 Å². The Hall–Kier alpha value is -2.33. The highest BCUT2D eigenvalue weighted by molar-refractivity contribution is 7.17. The molecule has 0 saturated heterocycles. The number of amides is 1. The SMILES string of the molecule is Nc1cccc(CNC(=O)c2csc3ccccc23)c1. The number of fused-ring (bicyclic) bond motifs is 1. The number of benzene rings is 2. The van der Waals surface area contributed by atoms with E-state index in [1.807, 2.05) is 53.9 Å². The van der Waals surface area contributed by atoms with Crippen LogP contribution in [0.15, 0.2) is 53.9 Å². The van der Waals surface area contributed by atoms with Crippen molar-refractivity contribution in [3.63, 3.8) is 0 Å². The molecule has 0 fully saturated rings. The van der Waals surface area contributed by atoms with Crippen LogP contribution in [0.4, 0.5) is 5.69 Å². The normalized spacial score (nSPS) is 10.6. The Morgan fingerprint density at radius 1 is 1.15 bits per heavy atom. The lowest BCUT2D eigenvalue weighted by Gasteiger charge is -2.05. The van der Waals surface area contributed by atoms with Crippen molar-refractivity contribution in [1.29, 1.82) is 0 Å². The van der Waals surface area contributed by atoms with Gasteiger partial charge in [0, 0.05) is 27.7 Å². The van der Waals surface area contributed by atoms with Crippen LogP contribution < -0.4 is 11.1 Å². The molecule has 100 valence electrons. The third-order valence-corrected chi connectivity index (χ3v) is 4.09. The van der Waals surface area contributed by atoms with Crippen LogP contribution in [-0.4, -0.2) is 5.91 Å². The first-order chi connectivity index (χ1) is 9.74. The predicted octanol–water partition coefficient (Wildman–Crippen LogP) is 3.41. The number of anilines is 1. The Morgan fingerprint density at radius 3 is 2.85 bits per heavy atom. The van der Waals surface area contributed by atoms with E-state index in [0.29, 0.717) is 12.2 Å². The molecule has 20 heavy (non-hydrogen) atoms. The summed E-state index contributed by atoms with van der Waals surface area (Å²) >= 11 is 1.59. The summed E-state index contributed by atoms with van der Waals surface area (Å²) in [6.45, 7) is 0.480. The molecule has 1 aromatic heterocycles. The van der Waals surface area contributed by atoms with Crippen LogP contribution in [0.2, 0.25) is 0 Å². The molecule has 3 nitrogen and oxygen atoms in total. The van der Waals surface area contributed by atoms with Gasteiger partial charge < -0.3 is 11.1 Å². The fourth-order valence-corrected chi connectivity index (χ4v) is 3.08. The number of carbonyl (C=O) groups is 1. The molecule has 1 heterocycles. The quantitative estimate of drug-likeness (QED) is 0.723. The Morgan fingerprint density at radius 2 is 2.00 bits per heavy atom. The van der Waals surface area contributed by atoms with E-state index in [1.54, 1.807) is 11.3 Å². The Balaban J connectivity index is 1.76. The number of nitrogens with one attached hydrogen (secondary N) is 1. The molecular weight excluding hydrogens is 268 g/mol. The van der Waals surface area contributed by atoms with Crippen LogP contribution in [0.25, 0.3) is 10.1 Å². The summed E-state index contributed by atoms with van der Waals surface area (Å²) in [5, 5.41) is 5.84. The minimum Gasteiger partial charge on any atom is -0.399 e. The second-order valence-electron chi connectivity index (χ2n) is 4.57. The smallest absolute Gasteiger partial charge is 0.253 e. The molecule has 1 amide bonds. The summed E-state index contributed by atoms with van der Waals surface area (Å²) in [6.07, 6.45) is 0. The van der Waals surface area contributed by atoms with Crippen molar-refractivity contribution in [2.24, 2.45) is 0 Å². The van der Waals surface area contributed by atoms with Crippen LogP contribution in [0.5, 0.6) is 0 Å². The second kappa shape index (κ2) is 5.35. The second-order valence-corrected chi connectivity index (χ2v) is 5.48. The van der Waals surface area contributed by atoms with Crippen LogP contribution >= 0.6 is 11.3 Å². The number of rotatable bonds is 3. The summed E-state index contributed by atoms with van der Waals surface area (Å²) in [5.74, 6) is -0.0510. The van der Waals surface area contributed by atoms with Crippen LogP contribution in [0.1, 0.15) is 15.9 Å². The maximum Gasteiger partial charge on any atom is 0.253 e. The first-order valence-electron chi connectivity index (χ1n) is 6.33. The molecule has 0 bridgehead atoms. The van der Waals surface area contributed by atoms with Gasteiger partial charge >= 0.3 is 0 Å². The lowest BCUT2D eigenvalue weighted by Crippen LogP contribution is -2.22. The molecule has 0 spiro atoms. The van der Waals surface area contributed by atoms with E-state index in [1.165, 1.54) is 0 Å².